The summed E-state index contributed by atoms with van der Waals surface area (Å²) in [6.07, 6.45) is 0.784. The first-order valence-corrected chi connectivity index (χ1v) is 4.99. The van der Waals surface area contributed by atoms with E-state index in [0.717, 1.165) is 6.42 Å². The molecule has 0 aromatic heterocycles. The first kappa shape index (κ1) is 11.9. The molecule has 84 valence electrons. The van der Waals surface area contributed by atoms with Crippen LogP contribution in [-0.4, -0.2) is 22.9 Å². The van der Waals surface area contributed by atoms with Crippen molar-refractivity contribution >= 4 is 0 Å². The molecular weight excluding hydrogens is 197 g/mol. The Morgan fingerprint density at radius 1 is 1.47 bits per heavy atom. The van der Waals surface area contributed by atoms with E-state index in [1.54, 1.807) is 0 Å². The van der Waals surface area contributed by atoms with Gasteiger partial charge in [-0.2, -0.15) is 0 Å². The van der Waals surface area contributed by atoms with Crippen LogP contribution < -0.4 is 5.32 Å². The second-order valence-corrected chi connectivity index (χ2v) is 3.44. The number of nitrogens with one attached hydrogen (secondary N) is 1. The molecule has 0 unspecified atom stereocenters. The average Bonchev–Trinajstić information content (AvgIpc) is 2.24. The van der Waals surface area contributed by atoms with Crippen molar-refractivity contribution in [2.45, 2.75) is 25.9 Å². The van der Waals surface area contributed by atoms with E-state index >= 15 is 0 Å². The largest absolute Gasteiger partial charge is 0.508 e. The van der Waals surface area contributed by atoms with Gasteiger partial charge in [-0.15, -0.1) is 0 Å². The predicted octanol–water partition coefficient (Wildman–Crippen LogP) is 1.39. The molecule has 1 rings (SSSR count). The third-order valence-corrected chi connectivity index (χ3v) is 2.34. The summed E-state index contributed by atoms with van der Waals surface area (Å²) in [5.74, 6) is -0.307. The summed E-state index contributed by atoms with van der Waals surface area (Å²) < 4.78 is 12.8. The minimum Gasteiger partial charge on any atom is -0.508 e. The zero-order valence-corrected chi connectivity index (χ0v) is 8.70. The van der Waals surface area contributed by atoms with E-state index in [4.69, 9.17) is 5.11 Å². The van der Waals surface area contributed by atoms with Crippen LogP contribution in [0.15, 0.2) is 18.2 Å². The number of phenolic OH excluding ortho intramolecular Hbond substituents is 1. The fourth-order valence-corrected chi connectivity index (χ4v) is 1.29. The smallest absolute Gasteiger partial charge is 0.123 e. The van der Waals surface area contributed by atoms with Crippen LogP contribution in [0.3, 0.4) is 0 Å². The van der Waals surface area contributed by atoms with Gasteiger partial charge in [0.25, 0.3) is 0 Å². The maximum atomic E-state index is 12.8. The van der Waals surface area contributed by atoms with Gasteiger partial charge in [0, 0.05) is 18.2 Å². The van der Waals surface area contributed by atoms with Gasteiger partial charge < -0.3 is 15.5 Å². The molecule has 0 aliphatic rings. The number of hydrogen-bond acceptors (Lipinski definition) is 3. The molecule has 0 aliphatic heterocycles. The van der Waals surface area contributed by atoms with Gasteiger partial charge in [-0.05, 0) is 24.6 Å². The molecule has 1 atom stereocenters. The third-order valence-electron chi connectivity index (χ3n) is 2.34. The molecule has 1 aromatic carbocycles. The molecular formula is C11H16FNO2. The Kier molecular flexibility index (Phi) is 4.52. The molecule has 0 fully saturated rings. The molecule has 0 radical (unpaired) electrons. The standard InChI is InChI=1S/C11H16FNO2/c1-2-10(7-14)13-6-8-5-9(12)3-4-11(8)15/h3-5,10,13-15H,2,6-7H2,1H3/t10-/m0/s1. The molecule has 4 heteroatoms. The van der Waals surface area contributed by atoms with Gasteiger partial charge in [-0.1, -0.05) is 6.92 Å². The molecule has 0 bridgehead atoms. The fourth-order valence-electron chi connectivity index (χ4n) is 1.29. The molecule has 0 spiro atoms. The van der Waals surface area contributed by atoms with Gasteiger partial charge in [0.2, 0.25) is 0 Å². The lowest BCUT2D eigenvalue weighted by Crippen LogP contribution is -2.31. The minimum atomic E-state index is -0.373. The van der Waals surface area contributed by atoms with Crippen molar-refractivity contribution in [2.24, 2.45) is 0 Å². The van der Waals surface area contributed by atoms with Gasteiger partial charge in [0.1, 0.15) is 11.6 Å². The summed E-state index contributed by atoms with van der Waals surface area (Å²) in [4.78, 5) is 0. The maximum Gasteiger partial charge on any atom is 0.123 e. The summed E-state index contributed by atoms with van der Waals surface area (Å²) in [7, 11) is 0. The fraction of sp³-hybridized carbons (Fsp3) is 0.455. The Morgan fingerprint density at radius 3 is 2.80 bits per heavy atom. The van der Waals surface area contributed by atoms with E-state index in [0.29, 0.717) is 12.1 Å². The number of phenols is 1. The highest BCUT2D eigenvalue weighted by Crippen LogP contribution is 2.17. The van der Waals surface area contributed by atoms with Crippen LogP contribution in [0.5, 0.6) is 5.75 Å². The van der Waals surface area contributed by atoms with Crippen LogP contribution in [0.25, 0.3) is 0 Å². The van der Waals surface area contributed by atoms with Crippen molar-refractivity contribution in [3.8, 4) is 5.75 Å². The lowest BCUT2D eigenvalue weighted by molar-refractivity contribution is 0.238. The molecule has 0 amide bonds. The second kappa shape index (κ2) is 5.68. The number of aliphatic hydroxyl groups is 1. The van der Waals surface area contributed by atoms with E-state index in [1.807, 2.05) is 6.92 Å². The van der Waals surface area contributed by atoms with Crippen molar-refractivity contribution < 1.29 is 14.6 Å². The van der Waals surface area contributed by atoms with Gasteiger partial charge in [-0.25, -0.2) is 4.39 Å². The Balaban J connectivity index is 2.60. The molecule has 3 N–H and O–H groups in total. The Morgan fingerprint density at radius 2 is 2.20 bits per heavy atom. The van der Waals surface area contributed by atoms with Crippen molar-refractivity contribution in [1.29, 1.82) is 0 Å². The molecule has 0 aliphatic carbocycles. The number of rotatable bonds is 5. The first-order chi connectivity index (χ1) is 7.17. The van der Waals surface area contributed by atoms with Crippen molar-refractivity contribution in [1.82, 2.24) is 5.32 Å². The average molecular weight is 213 g/mol. The van der Waals surface area contributed by atoms with Crippen molar-refractivity contribution in [2.75, 3.05) is 6.61 Å². The summed E-state index contributed by atoms with van der Waals surface area (Å²) in [6, 6.07) is 3.80. The SMILES string of the molecule is CC[C@@H](CO)NCc1cc(F)ccc1O. The Bertz CT molecular complexity index is 313. The number of benzene rings is 1. The quantitative estimate of drug-likeness (QED) is 0.692. The summed E-state index contributed by atoms with van der Waals surface area (Å²) in [5, 5.41) is 21.4. The van der Waals surface area contributed by atoms with Crippen LogP contribution in [0.1, 0.15) is 18.9 Å². The first-order valence-electron chi connectivity index (χ1n) is 4.99. The van der Waals surface area contributed by atoms with E-state index in [-0.39, 0.29) is 24.2 Å². The second-order valence-electron chi connectivity index (χ2n) is 3.44. The van der Waals surface area contributed by atoms with Gasteiger partial charge in [-0.3, -0.25) is 0 Å². The summed E-state index contributed by atoms with van der Waals surface area (Å²) in [5.41, 5.74) is 0.502. The summed E-state index contributed by atoms with van der Waals surface area (Å²) in [6.45, 7) is 2.33. The molecule has 0 heterocycles. The normalized spacial score (nSPS) is 12.7. The van der Waals surface area contributed by atoms with Crippen LogP contribution in [0.4, 0.5) is 4.39 Å². The molecule has 3 nitrogen and oxygen atoms in total. The number of hydrogen-bond donors (Lipinski definition) is 3. The van der Waals surface area contributed by atoms with E-state index in [1.165, 1.54) is 18.2 Å². The minimum absolute atomic E-state index is 0.0207. The van der Waals surface area contributed by atoms with Crippen molar-refractivity contribution in [3.63, 3.8) is 0 Å². The maximum absolute atomic E-state index is 12.8. The topological polar surface area (TPSA) is 52.5 Å². The number of aliphatic hydroxyl groups excluding tert-OH is 1. The highest BCUT2D eigenvalue weighted by Gasteiger charge is 2.06. The van der Waals surface area contributed by atoms with Crippen molar-refractivity contribution in [3.05, 3.63) is 29.6 Å². The third kappa shape index (κ3) is 3.49. The van der Waals surface area contributed by atoms with Crippen LogP contribution in [0.2, 0.25) is 0 Å². The van der Waals surface area contributed by atoms with Crippen LogP contribution in [0, 0.1) is 5.82 Å². The summed E-state index contributed by atoms with van der Waals surface area (Å²) >= 11 is 0. The predicted molar refractivity (Wildman–Crippen MR) is 56.1 cm³/mol. The number of halogens is 1. The Labute approximate surface area is 88.6 Å². The van der Waals surface area contributed by atoms with Gasteiger partial charge in [0.15, 0.2) is 0 Å². The molecule has 0 saturated heterocycles. The lowest BCUT2D eigenvalue weighted by atomic mass is 10.1. The van der Waals surface area contributed by atoms with Gasteiger partial charge >= 0.3 is 0 Å². The Hall–Kier alpha value is -1.13. The lowest BCUT2D eigenvalue weighted by Gasteiger charge is -2.14. The molecule has 1 aromatic rings. The monoisotopic (exact) mass is 213 g/mol. The number of aromatic hydroxyl groups is 1. The van der Waals surface area contributed by atoms with E-state index in [2.05, 4.69) is 5.32 Å². The van der Waals surface area contributed by atoms with E-state index in [9.17, 15) is 9.50 Å². The highest BCUT2D eigenvalue weighted by molar-refractivity contribution is 5.32. The van der Waals surface area contributed by atoms with Crippen LogP contribution >= 0.6 is 0 Å². The van der Waals surface area contributed by atoms with Gasteiger partial charge in [0.05, 0.1) is 6.61 Å². The van der Waals surface area contributed by atoms with E-state index < -0.39 is 0 Å². The highest BCUT2D eigenvalue weighted by atomic mass is 19.1. The zero-order chi connectivity index (χ0) is 11.3. The van der Waals surface area contributed by atoms with Crippen LogP contribution in [-0.2, 0) is 6.54 Å². The molecule has 15 heavy (non-hydrogen) atoms. The zero-order valence-electron chi connectivity index (χ0n) is 8.70. The molecule has 0 saturated carbocycles.